The van der Waals surface area contributed by atoms with Gasteiger partial charge in [0.2, 0.25) is 0 Å². The number of hydrogen-bond donors (Lipinski definition) is 2. The Morgan fingerprint density at radius 2 is 2.00 bits per heavy atom. The minimum absolute atomic E-state index is 0.185. The van der Waals surface area contributed by atoms with E-state index in [1.54, 1.807) is 0 Å². The highest BCUT2D eigenvalue weighted by molar-refractivity contribution is 5.79. The van der Waals surface area contributed by atoms with Gasteiger partial charge < -0.3 is 5.73 Å². The molecule has 1 fully saturated rings. The van der Waals surface area contributed by atoms with Gasteiger partial charge in [0.1, 0.15) is 0 Å². The first-order chi connectivity index (χ1) is 7.95. The van der Waals surface area contributed by atoms with Gasteiger partial charge in [-0.05, 0) is 37.6 Å². The summed E-state index contributed by atoms with van der Waals surface area (Å²) in [5, 5.41) is 7.51. The maximum absolute atomic E-state index is 7.51. The van der Waals surface area contributed by atoms with Gasteiger partial charge in [-0.2, -0.15) is 0 Å². The van der Waals surface area contributed by atoms with Gasteiger partial charge in [-0.1, -0.05) is 27.7 Å². The molecule has 1 aliphatic carbocycles. The minimum atomic E-state index is 0.185. The average Bonchev–Trinajstić information content (AvgIpc) is 2.29. The largest absolute Gasteiger partial charge is 0.387 e. The number of nitrogens with two attached hydrogens (primary N) is 1. The van der Waals surface area contributed by atoms with E-state index in [2.05, 4.69) is 32.6 Å². The van der Waals surface area contributed by atoms with Crippen LogP contribution in [0.25, 0.3) is 0 Å². The topological polar surface area (TPSA) is 53.1 Å². The summed E-state index contributed by atoms with van der Waals surface area (Å²) >= 11 is 0. The standard InChI is InChI=1S/C14H29N3/c1-5-17(9-12(4)14(15)16)13-7-6-10(2)11(3)8-13/h10-13H,5-9H2,1-4H3,(H3,15,16). The monoisotopic (exact) mass is 239 g/mol. The summed E-state index contributed by atoms with van der Waals surface area (Å²) in [6.45, 7) is 11.0. The zero-order valence-corrected chi connectivity index (χ0v) is 11.9. The van der Waals surface area contributed by atoms with E-state index in [4.69, 9.17) is 11.1 Å². The highest BCUT2D eigenvalue weighted by atomic mass is 15.2. The molecule has 0 heterocycles. The molecule has 0 bridgehead atoms. The molecule has 0 amide bonds. The summed E-state index contributed by atoms with van der Waals surface area (Å²) in [5.74, 6) is 2.20. The minimum Gasteiger partial charge on any atom is -0.387 e. The van der Waals surface area contributed by atoms with Crippen molar-refractivity contribution in [1.29, 1.82) is 5.41 Å². The van der Waals surface area contributed by atoms with Crippen molar-refractivity contribution in [2.75, 3.05) is 13.1 Å². The predicted octanol–water partition coefficient (Wildman–Crippen LogP) is 2.71. The molecule has 3 nitrogen and oxygen atoms in total. The third-order valence-corrected chi connectivity index (χ3v) is 4.53. The van der Waals surface area contributed by atoms with E-state index < -0.39 is 0 Å². The van der Waals surface area contributed by atoms with Crippen LogP contribution in [0.1, 0.15) is 47.0 Å². The predicted molar refractivity (Wildman–Crippen MR) is 74.3 cm³/mol. The molecule has 0 aromatic carbocycles. The molecule has 0 radical (unpaired) electrons. The lowest BCUT2D eigenvalue weighted by molar-refractivity contribution is 0.108. The van der Waals surface area contributed by atoms with Crippen molar-refractivity contribution in [3.05, 3.63) is 0 Å². The van der Waals surface area contributed by atoms with E-state index >= 15 is 0 Å². The zero-order chi connectivity index (χ0) is 13.0. The van der Waals surface area contributed by atoms with Crippen LogP contribution in [0.3, 0.4) is 0 Å². The maximum atomic E-state index is 7.51. The first-order valence-corrected chi connectivity index (χ1v) is 7.03. The van der Waals surface area contributed by atoms with Gasteiger partial charge in [0.25, 0.3) is 0 Å². The highest BCUT2D eigenvalue weighted by Crippen LogP contribution is 2.32. The molecule has 3 N–H and O–H groups in total. The quantitative estimate of drug-likeness (QED) is 0.572. The maximum Gasteiger partial charge on any atom is 0.0947 e. The van der Waals surface area contributed by atoms with E-state index in [9.17, 15) is 0 Å². The Bertz CT molecular complexity index is 252. The molecule has 4 unspecified atom stereocenters. The molecule has 1 rings (SSSR count). The van der Waals surface area contributed by atoms with Gasteiger partial charge in [-0.15, -0.1) is 0 Å². The van der Waals surface area contributed by atoms with Crippen LogP contribution in [0, 0.1) is 23.2 Å². The molecule has 4 atom stereocenters. The third-order valence-electron chi connectivity index (χ3n) is 4.53. The second-order valence-electron chi connectivity index (χ2n) is 5.87. The van der Waals surface area contributed by atoms with E-state index in [0.717, 1.165) is 24.9 Å². The van der Waals surface area contributed by atoms with Crippen molar-refractivity contribution in [2.24, 2.45) is 23.5 Å². The van der Waals surface area contributed by atoms with Crippen molar-refractivity contribution >= 4 is 5.84 Å². The van der Waals surface area contributed by atoms with Crippen molar-refractivity contribution in [2.45, 2.75) is 53.0 Å². The van der Waals surface area contributed by atoms with Gasteiger partial charge >= 0.3 is 0 Å². The van der Waals surface area contributed by atoms with Crippen molar-refractivity contribution in [3.8, 4) is 0 Å². The molecule has 0 saturated heterocycles. The van der Waals surface area contributed by atoms with Crippen LogP contribution in [-0.4, -0.2) is 29.9 Å². The summed E-state index contributed by atoms with van der Waals surface area (Å²) < 4.78 is 0. The zero-order valence-electron chi connectivity index (χ0n) is 11.9. The lowest BCUT2D eigenvalue weighted by Crippen LogP contribution is -2.44. The van der Waals surface area contributed by atoms with Gasteiger partial charge in [0, 0.05) is 18.5 Å². The number of nitrogens with zero attached hydrogens (tertiary/aromatic N) is 1. The molecule has 0 spiro atoms. The molecular weight excluding hydrogens is 210 g/mol. The smallest absolute Gasteiger partial charge is 0.0947 e. The number of hydrogen-bond acceptors (Lipinski definition) is 2. The molecule has 0 aromatic heterocycles. The highest BCUT2D eigenvalue weighted by Gasteiger charge is 2.28. The summed E-state index contributed by atoms with van der Waals surface area (Å²) in [7, 11) is 0. The van der Waals surface area contributed by atoms with Crippen LogP contribution in [0.15, 0.2) is 0 Å². The van der Waals surface area contributed by atoms with Gasteiger partial charge in [-0.3, -0.25) is 10.3 Å². The van der Waals surface area contributed by atoms with Gasteiger partial charge in [-0.25, -0.2) is 0 Å². The fourth-order valence-corrected chi connectivity index (χ4v) is 2.84. The Hall–Kier alpha value is -0.570. The van der Waals surface area contributed by atoms with Crippen LogP contribution < -0.4 is 5.73 Å². The Morgan fingerprint density at radius 3 is 2.47 bits per heavy atom. The second-order valence-corrected chi connectivity index (χ2v) is 5.87. The summed E-state index contributed by atoms with van der Waals surface area (Å²) in [6, 6.07) is 0.702. The van der Waals surface area contributed by atoms with E-state index in [1.807, 2.05) is 0 Å². The molecule has 100 valence electrons. The Balaban J connectivity index is 2.53. The normalized spacial score (nSPS) is 31.5. The fourth-order valence-electron chi connectivity index (χ4n) is 2.84. The molecule has 17 heavy (non-hydrogen) atoms. The molecule has 3 heteroatoms. The first-order valence-electron chi connectivity index (χ1n) is 7.03. The Morgan fingerprint density at radius 1 is 1.35 bits per heavy atom. The third kappa shape index (κ3) is 3.98. The van der Waals surface area contributed by atoms with E-state index in [1.165, 1.54) is 19.3 Å². The SMILES string of the molecule is CCN(CC(C)C(=N)N)C1CCC(C)C(C)C1. The summed E-state index contributed by atoms with van der Waals surface area (Å²) in [5.41, 5.74) is 5.57. The fraction of sp³-hybridized carbons (Fsp3) is 0.929. The Labute approximate surface area is 106 Å². The average molecular weight is 239 g/mol. The lowest BCUT2D eigenvalue weighted by Gasteiger charge is -2.39. The molecule has 1 saturated carbocycles. The molecule has 0 aromatic rings. The molecule has 1 aliphatic rings. The van der Waals surface area contributed by atoms with E-state index in [0.29, 0.717) is 11.9 Å². The van der Waals surface area contributed by atoms with Crippen molar-refractivity contribution < 1.29 is 0 Å². The summed E-state index contributed by atoms with van der Waals surface area (Å²) in [4.78, 5) is 2.52. The van der Waals surface area contributed by atoms with Crippen LogP contribution >= 0.6 is 0 Å². The number of nitrogens with one attached hydrogen (secondary N) is 1. The van der Waals surface area contributed by atoms with Crippen LogP contribution in [-0.2, 0) is 0 Å². The lowest BCUT2D eigenvalue weighted by atomic mass is 9.78. The number of amidine groups is 1. The molecular formula is C14H29N3. The second kappa shape index (κ2) is 6.39. The van der Waals surface area contributed by atoms with Crippen LogP contribution in [0.5, 0.6) is 0 Å². The van der Waals surface area contributed by atoms with E-state index in [-0.39, 0.29) is 5.92 Å². The van der Waals surface area contributed by atoms with Crippen LogP contribution in [0.2, 0.25) is 0 Å². The van der Waals surface area contributed by atoms with Crippen molar-refractivity contribution in [3.63, 3.8) is 0 Å². The Kier molecular flexibility index (Phi) is 5.44. The summed E-state index contributed by atoms with van der Waals surface area (Å²) in [6.07, 6.45) is 3.96. The molecule has 0 aliphatic heterocycles. The van der Waals surface area contributed by atoms with Crippen molar-refractivity contribution in [1.82, 2.24) is 4.90 Å². The van der Waals surface area contributed by atoms with Gasteiger partial charge in [0.15, 0.2) is 0 Å². The van der Waals surface area contributed by atoms with Crippen LogP contribution in [0.4, 0.5) is 0 Å². The number of rotatable bonds is 5. The first kappa shape index (κ1) is 14.5. The van der Waals surface area contributed by atoms with Gasteiger partial charge in [0.05, 0.1) is 5.84 Å².